The van der Waals surface area contributed by atoms with Crippen LogP contribution in [0.25, 0.3) is 0 Å². The molecule has 0 aromatic carbocycles. The van der Waals surface area contributed by atoms with Crippen LogP contribution in [0.4, 0.5) is 0 Å². The number of aromatic nitrogens is 1. The summed E-state index contributed by atoms with van der Waals surface area (Å²) >= 11 is 0. The van der Waals surface area contributed by atoms with E-state index in [2.05, 4.69) is 4.98 Å². The van der Waals surface area contributed by atoms with Crippen LogP contribution in [-0.2, 0) is 0 Å². The smallest absolute Gasteiger partial charge is 0.172 e. The molecule has 0 atom stereocenters. The molecular formula is C11H13NO2. The van der Waals surface area contributed by atoms with E-state index in [-0.39, 0.29) is 0 Å². The second-order valence-corrected chi connectivity index (χ2v) is 3.71. The van der Waals surface area contributed by atoms with Crippen molar-refractivity contribution in [3.8, 4) is 5.75 Å². The maximum atomic E-state index is 10.7. The van der Waals surface area contributed by atoms with E-state index < -0.39 is 0 Å². The monoisotopic (exact) mass is 191 g/mol. The fraction of sp³-hybridized carbons (Fsp3) is 0.455. The molecule has 1 saturated carbocycles. The van der Waals surface area contributed by atoms with Crippen LogP contribution in [-0.4, -0.2) is 17.9 Å². The van der Waals surface area contributed by atoms with Crippen molar-refractivity contribution in [1.29, 1.82) is 0 Å². The molecule has 14 heavy (non-hydrogen) atoms. The van der Waals surface area contributed by atoms with Crippen molar-refractivity contribution in [3.05, 3.63) is 23.5 Å². The van der Waals surface area contributed by atoms with Crippen LogP contribution in [0.5, 0.6) is 5.75 Å². The molecule has 0 radical (unpaired) electrons. The summed E-state index contributed by atoms with van der Waals surface area (Å²) in [6.07, 6.45) is 3.24. The number of pyridine rings is 1. The Labute approximate surface area is 83.1 Å². The first-order valence-electron chi connectivity index (χ1n) is 4.85. The summed E-state index contributed by atoms with van der Waals surface area (Å²) in [6.45, 7) is 2.57. The fourth-order valence-corrected chi connectivity index (χ4v) is 1.26. The van der Waals surface area contributed by atoms with Gasteiger partial charge in [0.1, 0.15) is 11.4 Å². The number of ether oxygens (including phenoxy) is 1. The number of hydrogen-bond acceptors (Lipinski definition) is 3. The molecular weight excluding hydrogens is 178 g/mol. The van der Waals surface area contributed by atoms with Gasteiger partial charge in [-0.3, -0.25) is 4.79 Å². The molecule has 1 aromatic rings. The highest BCUT2D eigenvalue weighted by atomic mass is 16.5. The summed E-state index contributed by atoms with van der Waals surface area (Å²) in [4.78, 5) is 14.8. The SMILES string of the molecule is Cc1ccc(OCC2CC2)c(C=O)n1. The Balaban J connectivity index is 2.09. The zero-order valence-electron chi connectivity index (χ0n) is 8.19. The van der Waals surface area contributed by atoms with Crippen molar-refractivity contribution in [2.75, 3.05) is 6.61 Å². The van der Waals surface area contributed by atoms with Crippen LogP contribution < -0.4 is 4.74 Å². The summed E-state index contributed by atoms with van der Waals surface area (Å²) in [7, 11) is 0. The van der Waals surface area contributed by atoms with E-state index in [1.165, 1.54) is 12.8 Å². The van der Waals surface area contributed by atoms with Gasteiger partial charge in [-0.15, -0.1) is 0 Å². The van der Waals surface area contributed by atoms with Gasteiger partial charge in [-0.1, -0.05) is 0 Å². The minimum Gasteiger partial charge on any atom is -0.491 e. The molecule has 0 bridgehead atoms. The summed E-state index contributed by atoms with van der Waals surface area (Å²) in [6, 6.07) is 3.67. The van der Waals surface area contributed by atoms with Crippen molar-refractivity contribution < 1.29 is 9.53 Å². The molecule has 0 amide bonds. The molecule has 0 spiro atoms. The van der Waals surface area contributed by atoms with Gasteiger partial charge in [0.15, 0.2) is 6.29 Å². The first kappa shape index (κ1) is 9.19. The third-order valence-corrected chi connectivity index (χ3v) is 2.31. The molecule has 3 heteroatoms. The Morgan fingerprint density at radius 1 is 1.57 bits per heavy atom. The number of aryl methyl sites for hydroxylation is 1. The molecule has 1 aliphatic carbocycles. The Kier molecular flexibility index (Phi) is 2.48. The summed E-state index contributed by atoms with van der Waals surface area (Å²) < 4.78 is 5.51. The third-order valence-electron chi connectivity index (χ3n) is 2.31. The van der Waals surface area contributed by atoms with Gasteiger partial charge in [0.2, 0.25) is 0 Å². The number of hydrogen-bond donors (Lipinski definition) is 0. The van der Waals surface area contributed by atoms with E-state index in [1.54, 1.807) is 0 Å². The molecule has 74 valence electrons. The predicted octanol–water partition coefficient (Wildman–Crippen LogP) is 1.99. The summed E-state index contributed by atoms with van der Waals surface area (Å²) in [5.41, 5.74) is 1.25. The average molecular weight is 191 g/mol. The number of nitrogens with zero attached hydrogens (tertiary/aromatic N) is 1. The molecule has 1 aliphatic rings. The van der Waals surface area contributed by atoms with Crippen LogP contribution in [0.1, 0.15) is 29.0 Å². The van der Waals surface area contributed by atoms with E-state index in [1.807, 2.05) is 19.1 Å². The van der Waals surface area contributed by atoms with E-state index >= 15 is 0 Å². The van der Waals surface area contributed by atoms with E-state index in [9.17, 15) is 4.79 Å². The summed E-state index contributed by atoms with van der Waals surface area (Å²) in [5, 5.41) is 0. The van der Waals surface area contributed by atoms with Crippen LogP contribution in [0, 0.1) is 12.8 Å². The second kappa shape index (κ2) is 3.78. The highest BCUT2D eigenvalue weighted by Crippen LogP contribution is 2.29. The maximum absolute atomic E-state index is 10.7. The molecule has 3 nitrogen and oxygen atoms in total. The molecule has 0 N–H and O–H groups in total. The lowest BCUT2D eigenvalue weighted by molar-refractivity contribution is 0.111. The average Bonchev–Trinajstić information content (AvgIpc) is 2.99. The zero-order valence-corrected chi connectivity index (χ0v) is 8.19. The molecule has 1 aromatic heterocycles. The van der Waals surface area contributed by atoms with E-state index in [4.69, 9.17) is 4.74 Å². The first-order valence-corrected chi connectivity index (χ1v) is 4.85. The normalized spacial score (nSPS) is 15.2. The predicted molar refractivity (Wildman–Crippen MR) is 52.6 cm³/mol. The van der Waals surface area contributed by atoms with Crippen molar-refractivity contribution in [3.63, 3.8) is 0 Å². The fourth-order valence-electron chi connectivity index (χ4n) is 1.26. The first-order chi connectivity index (χ1) is 6.79. The van der Waals surface area contributed by atoms with Gasteiger partial charge in [-0.05, 0) is 37.8 Å². The van der Waals surface area contributed by atoms with E-state index in [0.29, 0.717) is 24.0 Å². The molecule has 1 heterocycles. The van der Waals surface area contributed by atoms with Crippen molar-refractivity contribution in [2.24, 2.45) is 5.92 Å². The van der Waals surface area contributed by atoms with Gasteiger partial charge in [0.25, 0.3) is 0 Å². The van der Waals surface area contributed by atoms with Gasteiger partial charge < -0.3 is 4.74 Å². The lowest BCUT2D eigenvalue weighted by Crippen LogP contribution is -2.03. The number of aldehydes is 1. The van der Waals surface area contributed by atoms with Crippen molar-refractivity contribution in [2.45, 2.75) is 19.8 Å². The van der Waals surface area contributed by atoms with Crippen LogP contribution in [0.15, 0.2) is 12.1 Å². The maximum Gasteiger partial charge on any atom is 0.172 e. The Bertz CT molecular complexity index is 345. The Hall–Kier alpha value is -1.38. The molecule has 2 rings (SSSR count). The summed E-state index contributed by atoms with van der Waals surface area (Å²) in [5.74, 6) is 1.30. The zero-order chi connectivity index (χ0) is 9.97. The molecule has 1 fully saturated rings. The van der Waals surface area contributed by atoms with Gasteiger partial charge in [-0.2, -0.15) is 0 Å². The topological polar surface area (TPSA) is 39.2 Å². The third kappa shape index (κ3) is 2.10. The lowest BCUT2D eigenvalue weighted by atomic mass is 10.3. The highest BCUT2D eigenvalue weighted by molar-refractivity contribution is 5.76. The number of carbonyl (C=O) groups is 1. The van der Waals surface area contributed by atoms with E-state index in [0.717, 1.165) is 12.0 Å². The standard InChI is InChI=1S/C11H13NO2/c1-8-2-5-11(10(6-13)12-8)14-7-9-3-4-9/h2,5-6,9H,3-4,7H2,1H3. The Morgan fingerprint density at radius 3 is 3.00 bits per heavy atom. The van der Waals surface area contributed by atoms with Gasteiger partial charge in [0, 0.05) is 5.69 Å². The molecule has 0 aliphatic heterocycles. The van der Waals surface area contributed by atoms with Gasteiger partial charge in [-0.25, -0.2) is 4.98 Å². The quantitative estimate of drug-likeness (QED) is 0.683. The number of rotatable bonds is 4. The van der Waals surface area contributed by atoms with Gasteiger partial charge in [0.05, 0.1) is 6.61 Å². The van der Waals surface area contributed by atoms with Crippen molar-refractivity contribution >= 4 is 6.29 Å². The minimum atomic E-state index is 0.408. The van der Waals surface area contributed by atoms with Crippen LogP contribution in [0.2, 0.25) is 0 Å². The minimum absolute atomic E-state index is 0.408. The largest absolute Gasteiger partial charge is 0.491 e. The highest BCUT2D eigenvalue weighted by Gasteiger charge is 2.22. The second-order valence-electron chi connectivity index (χ2n) is 3.71. The lowest BCUT2D eigenvalue weighted by Gasteiger charge is -2.06. The van der Waals surface area contributed by atoms with Gasteiger partial charge >= 0.3 is 0 Å². The van der Waals surface area contributed by atoms with Crippen LogP contribution >= 0.6 is 0 Å². The number of carbonyl (C=O) groups excluding carboxylic acids is 1. The van der Waals surface area contributed by atoms with Crippen molar-refractivity contribution in [1.82, 2.24) is 4.98 Å². The Morgan fingerprint density at radius 2 is 2.36 bits per heavy atom. The molecule has 0 saturated heterocycles. The molecule has 0 unspecified atom stereocenters. The van der Waals surface area contributed by atoms with Crippen LogP contribution in [0.3, 0.4) is 0 Å².